The number of nitrogens with one attached hydrogen (secondary N) is 1. The molecule has 0 radical (unpaired) electrons. The van der Waals surface area contributed by atoms with Crippen molar-refractivity contribution in [2.75, 3.05) is 0 Å². The summed E-state index contributed by atoms with van der Waals surface area (Å²) in [4.78, 5) is 10.8. The first kappa shape index (κ1) is 10.5. The predicted octanol–water partition coefficient (Wildman–Crippen LogP) is 1.97. The van der Waals surface area contributed by atoms with Crippen molar-refractivity contribution in [2.45, 2.75) is 0 Å². The molecule has 7 heteroatoms. The number of halogens is 1. The third-order valence-corrected chi connectivity index (χ3v) is 2.33. The van der Waals surface area contributed by atoms with E-state index in [-0.39, 0.29) is 23.0 Å². The number of rotatable bonds is 2. The van der Waals surface area contributed by atoms with Gasteiger partial charge < -0.3 is 14.6 Å². The number of benzene rings is 1. The third kappa shape index (κ3) is 1.71. The Bertz CT molecular complexity index is 678. The maximum absolute atomic E-state index is 12.9. The second-order valence-corrected chi connectivity index (χ2v) is 3.52. The Labute approximate surface area is 100 Å². The standard InChI is InChI=1S/C11H7FN4O2/c12-6-1-2-7(8(17)5-6)11-15-10(16-18-11)9-13-3-4-14-9/h1-5,17H,(H,13,14). The van der Waals surface area contributed by atoms with Gasteiger partial charge in [0.2, 0.25) is 5.82 Å². The highest BCUT2D eigenvalue weighted by Gasteiger charge is 2.15. The second kappa shape index (κ2) is 3.95. The summed E-state index contributed by atoms with van der Waals surface area (Å²) in [6.45, 7) is 0. The minimum Gasteiger partial charge on any atom is -0.507 e. The number of phenolic OH excluding ortho intramolecular Hbond substituents is 1. The van der Waals surface area contributed by atoms with Crippen LogP contribution >= 0.6 is 0 Å². The van der Waals surface area contributed by atoms with Crippen LogP contribution in [0, 0.1) is 5.82 Å². The van der Waals surface area contributed by atoms with Crippen LogP contribution in [-0.2, 0) is 0 Å². The molecule has 0 aliphatic carbocycles. The molecule has 6 nitrogen and oxygen atoms in total. The van der Waals surface area contributed by atoms with Crippen LogP contribution in [0.5, 0.6) is 5.75 Å². The van der Waals surface area contributed by atoms with Crippen LogP contribution in [0.2, 0.25) is 0 Å². The highest BCUT2D eigenvalue weighted by molar-refractivity contribution is 5.63. The molecule has 2 N–H and O–H groups in total. The fourth-order valence-electron chi connectivity index (χ4n) is 1.50. The van der Waals surface area contributed by atoms with Gasteiger partial charge in [0.25, 0.3) is 5.89 Å². The van der Waals surface area contributed by atoms with E-state index in [9.17, 15) is 9.50 Å². The summed E-state index contributed by atoms with van der Waals surface area (Å²) in [6, 6.07) is 3.54. The number of aromatic amines is 1. The molecule has 0 fully saturated rings. The van der Waals surface area contributed by atoms with Gasteiger partial charge in [0, 0.05) is 18.5 Å². The Balaban J connectivity index is 2.03. The Morgan fingerprint density at radius 1 is 1.33 bits per heavy atom. The second-order valence-electron chi connectivity index (χ2n) is 3.52. The van der Waals surface area contributed by atoms with Gasteiger partial charge in [-0.2, -0.15) is 4.98 Å². The maximum atomic E-state index is 12.9. The average molecular weight is 246 g/mol. The Kier molecular flexibility index (Phi) is 2.30. The zero-order valence-electron chi connectivity index (χ0n) is 8.96. The largest absolute Gasteiger partial charge is 0.507 e. The fourth-order valence-corrected chi connectivity index (χ4v) is 1.50. The predicted molar refractivity (Wildman–Crippen MR) is 58.9 cm³/mol. The zero-order chi connectivity index (χ0) is 12.5. The molecule has 0 aliphatic heterocycles. The Morgan fingerprint density at radius 3 is 2.94 bits per heavy atom. The summed E-state index contributed by atoms with van der Waals surface area (Å²) < 4.78 is 17.8. The van der Waals surface area contributed by atoms with Crippen molar-refractivity contribution in [3.05, 3.63) is 36.4 Å². The molecule has 2 heterocycles. The first-order valence-corrected chi connectivity index (χ1v) is 5.06. The van der Waals surface area contributed by atoms with Crippen LogP contribution in [0.3, 0.4) is 0 Å². The van der Waals surface area contributed by atoms with E-state index in [0.717, 1.165) is 6.07 Å². The molecule has 18 heavy (non-hydrogen) atoms. The number of aromatic nitrogens is 4. The van der Waals surface area contributed by atoms with Crippen molar-refractivity contribution in [1.82, 2.24) is 20.1 Å². The van der Waals surface area contributed by atoms with Crippen molar-refractivity contribution in [2.24, 2.45) is 0 Å². The quantitative estimate of drug-likeness (QED) is 0.721. The summed E-state index contributed by atoms with van der Waals surface area (Å²) >= 11 is 0. The van der Waals surface area contributed by atoms with Crippen LogP contribution in [0.15, 0.2) is 35.1 Å². The molecule has 90 valence electrons. The number of hydrogen-bond acceptors (Lipinski definition) is 5. The van der Waals surface area contributed by atoms with Crippen LogP contribution in [0.4, 0.5) is 4.39 Å². The summed E-state index contributed by atoms with van der Waals surface area (Å²) in [6.07, 6.45) is 3.18. The van der Waals surface area contributed by atoms with E-state index in [2.05, 4.69) is 20.1 Å². The maximum Gasteiger partial charge on any atom is 0.262 e. The molecule has 0 saturated heterocycles. The van der Waals surface area contributed by atoms with Gasteiger partial charge in [-0.25, -0.2) is 9.37 Å². The topological polar surface area (TPSA) is 87.8 Å². The number of hydrogen-bond donors (Lipinski definition) is 2. The van der Waals surface area contributed by atoms with E-state index < -0.39 is 5.82 Å². The monoisotopic (exact) mass is 246 g/mol. The molecular formula is C11H7FN4O2. The molecule has 0 aliphatic rings. The van der Waals surface area contributed by atoms with Gasteiger partial charge in [-0.3, -0.25) is 0 Å². The minimum absolute atomic E-state index is 0.0962. The fraction of sp³-hybridized carbons (Fsp3) is 0. The van der Waals surface area contributed by atoms with E-state index in [4.69, 9.17) is 4.52 Å². The van der Waals surface area contributed by atoms with E-state index in [1.807, 2.05) is 0 Å². The lowest BCUT2D eigenvalue weighted by atomic mass is 10.2. The lowest BCUT2D eigenvalue weighted by Crippen LogP contribution is -1.84. The van der Waals surface area contributed by atoms with Gasteiger partial charge in [-0.05, 0) is 12.1 Å². The van der Waals surface area contributed by atoms with Crippen LogP contribution in [0.25, 0.3) is 23.1 Å². The Hall–Kier alpha value is -2.70. The minimum atomic E-state index is -0.540. The molecule has 0 amide bonds. The number of nitrogens with zero attached hydrogens (tertiary/aromatic N) is 3. The smallest absolute Gasteiger partial charge is 0.262 e. The Morgan fingerprint density at radius 2 is 2.22 bits per heavy atom. The molecule has 3 rings (SSSR count). The molecule has 3 aromatic rings. The molecule has 0 bridgehead atoms. The van der Waals surface area contributed by atoms with Crippen molar-refractivity contribution in [1.29, 1.82) is 0 Å². The van der Waals surface area contributed by atoms with Gasteiger partial charge in [-0.1, -0.05) is 5.16 Å². The van der Waals surface area contributed by atoms with E-state index >= 15 is 0 Å². The SMILES string of the molecule is Oc1cc(F)ccc1-c1nc(-c2ncc[nH]2)no1. The summed E-state index contributed by atoms with van der Waals surface area (Å²) in [5.41, 5.74) is 0.265. The van der Waals surface area contributed by atoms with Gasteiger partial charge in [0.15, 0.2) is 5.82 Å². The zero-order valence-corrected chi connectivity index (χ0v) is 8.96. The van der Waals surface area contributed by atoms with Crippen molar-refractivity contribution in [3.8, 4) is 28.9 Å². The first-order valence-electron chi connectivity index (χ1n) is 5.06. The van der Waals surface area contributed by atoms with Crippen LogP contribution < -0.4 is 0 Å². The lowest BCUT2D eigenvalue weighted by molar-refractivity contribution is 0.424. The van der Waals surface area contributed by atoms with E-state index in [1.165, 1.54) is 12.1 Å². The first-order chi connectivity index (χ1) is 8.74. The number of aromatic hydroxyl groups is 1. The molecule has 0 spiro atoms. The summed E-state index contributed by atoms with van der Waals surface area (Å²) in [5, 5.41) is 13.3. The summed E-state index contributed by atoms with van der Waals surface area (Å²) in [7, 11) is 0. The van der Waals surface area contributed by atoms with Gasteiger partial charge in [0.05, 0.1) is 5.56 Å². The van der Waals surface area contributed by atoms with E-state index in [0.29, 0.717) is 5.82 Å². The summed E-state index contributed by atoms with van der Waals surface area (Å²) in [5.74, 6) is 0.0101. The van der Waals surface area contributed by atoms with Gasteiger partial charge in [0.1, 0.15) is 11.6 Å². The van der Waals surface area contributed by atoms with Gasteiger partial charge >= 0.3 is 0 Å². The molecule has 1 aromatic carbocycles. The van der Waals surface area contributed by atoms with Crippen molar-refractivity contribution < 1.29 is 14.0 Å². The molecule has 0 unspecified atom stereocenters. The normalized spacial score (nSPS) is 10.7. The lowest BCUT2D eigenvalue weighted by Gasteiger charge is -1.97. The van der Waals surface area contributed by atoms with Crippen molar-refractivity contribution in [3.63, 3.8) is 0 Å². The third-order valence-electron chi connectivity index (χ3n) is 2.33. The molecular weight excluding hydrogens is 239 g/mol. The van der Waals surface area contributed by atoms with Crippen LogP contribution in [-0.4, -0.2) is 25.2 Å². The number of phenols is 1. The molecule has 0 saturated carbocycles. The number of imidazole rings is 1. The van der Waals surface area contributed by atoms with Crippen LogP contribution in [0.1, 0.15) is 0 Å². The number of H-pyrrole nitrogens is 1. The van der Waals surface area contributed by atoms with Gasteiger partial charge in [-0.15, -0.1) is 0 Å². The highest BCUT2D eigenvalue weighted by atomic mass is 19.1. The molecule has 0 atom stereocenters. The highest BCUT2D eigenvalue weighted by Crippen LogP contribution is 2.29. The van der Waals surface area contributed by atoms with E-state index in [1.54, 1.807) is 12.4 Å². The van der Waals surface area contributed by atoms with Crippen molar-refractivity contribution >= 4 is 0 Å². The molecule has 2 aromatic heterocycles. The average Bonchev–Trinajstić information content (AvgIpc) is 2.99.